The molecule has 1 heterocycles. The van der Waals surface area contributed by atoms with Crippen LogP contribution < -0.4 is 5.56 Å². The van der Waals surface area contributed by atoms with Gasteiger partial charge in [-0.05, 0) is 55.5 Å². The minimum absolute atomic E-state index is 0.0839. The van der Waals surface area contributed by atoms with Crippen LogP contribution in [0.15, 0.2) is 77.6 Å². The van der Waals surface area contributed by atoms with Gasteiger partial charge in [0.05, 0.1) is 16.6 Å². The number of hydrogen-bond acceptors (Lipinski definition) is 2. The molecule has 25 heavy (non-hydrogen) atoms. The molecule has 0 saturated heterocycles. The third-order valence-electron chi connectivity index (χ3n) is 4.17. The average molecular weight is 347 g/mol. The highest BCUT2D eigenvalue weighted by atomic mass is 35.5. The van der Waals surface area contributed by atoms with Crippen LogP contribution in [0.3, 0.4) is 0 Å². The largest absolute Gasteiger partial charge is 0.268 e. The zero-order chi connectivity index (χ0) is 17.4. The molecule has 3 nitrogen and oxygen atoms in total. The Hall–Kier alpha value is -2.91. The first-order chi connectivity index (χ1) is 12.1. The summed E-state index contributed by atoms with van der Waals surface area (Å²) in [4.78, 5) is 17.9. The molecule has 0 saturated carbocycles. The Morgan fingerprint density at radius 3 is 2.28 bits per heavy atom. The number of aryl methyl sites for hydroxylation is 1. The summed E-state index contributed by atoms with van der Waals surface area (Å²) in [7, 11) is 0. The summed E-state index contributed by atoms with van der Waals surface area (Å²) >= 11 is 6.01. The van der Waals surface area contributed by atoms with Crippen LogP contribution in [0.4, 0.5) is 0 Å². The lowest BCUT2D eigenvalue weighted by molar-refractivity contribution is 0.975. The lowest BCUT2D eigenvalue weighted by atomic mass is 10.1. The molecule has 4 aromatic rings. The molecule has 0 fully saturated rings. The lowest BCUT2D eigenvalue weighted by Gasteiger charge is -2.14. The van der Waals surface area contributed by atoms with Crippen molar-refractivity contribution in [1.29, 1.82) is 0 Å². The van der Waals surface area contributed by atoms with E-state index in [0.29, 0.717) is 21.7 Å². The Morgan fingerprint density at radius 1 is 0.880 bits per heavy atom. The molecular formula is C21H15ClN2O. The van der Waals surface area contributed by atoms with Crippen LogP contribution >= 0.6 is 11.6 Å². The third-order valence-corrected chi connectivity index (χ3v) is 4.42. The minimum atomic E-state index is -0.0839. The van der Waals surface area contributed by atoms with E-state index in [1.807, 2.05) is 61.5 Å². The van der Waals surface area contributed by atoms with Gasteiger partial charge in [0.1, 0.15) is 5.82 Å². The Morgan fingerprint density at radius 2 is 1.56 bits per heavy atom. The van der Waals surface area contributed by atoms with Crippen LogP contribution in [0, 0.1) is 6.92 Å². The van der Waals surface area contributed by atoms with Gasteiger partial charge < -0.3 is 0 Å². The second kappa shape index (κ2) is 6.19. The third kappa shape index (κ3) is 2.83. The molecule has 122 valence electrons. The van der Waals surface area contributed by atoms with Gasteiger partial charge in [-0.1, -0.05) is 41.4 Å². The molecule has 0 N–H and O–H groups in total. The molecule has 3 aromatic carbocycles. The zero-order valence-corrected chi connectivity index (χ0v) is 14.4. The zero-order valence-electron chi connectivity index (χ0n) is 13.6. The summed E-state index contributed by atoms with van der Waals surface area (Å²) in [6.45, 7) is 2.02. The molecule has 0 amide bonds. The first-order valence-corrected chi connectivity index (χ1v) is 8.36. The number of halogens is 1. The van der Waals surface area contributed by atoms with Gasteiger partial charge in [0.2, 0.25) is 0 Å². The maximum atomic E-state index is 13.2. The van der Waals surface area contributed by atoms with Crippen LogP contribution in [0.1, 0.15) is 5.56 Å². The van der Waals surface area contributed by atoms with Crippen molar-refractivity contribution in [2.24, 2.45) is 0 Å². The van der Waals surface area contributed by atoms with Crippen molar-refractivity contribution in [2.75, 3.05) is 0 Å². The second-order valence-electron chi connectivity index (χ2n) is 5.94. The van der Waals surface area contributed by atoms with Gasteiger partial charge in [-0.3, -0.25) is 9.36 Å². The van der Waals surface area contributed by atoms with Gasteiger partial charge in [0.25, 0.3) is 5.56 Å². The Kier molecular flexibility index (Phi) is 3.86. The van der Waals surface area contributed by atoms with E-state index >= 15 is 0 Å². The molecule has 0 bridgehead atoms. The standard InChI is InChI=1S/C21H15ClN2O/c1-14-6-12-17(13-7-14)24-20(15-8-10-16(22)11-9-15)23-19-5-3-2-4-18(19)21(24)25/h2-13H,1H3. The molecule has 0 aliphatic heterocycles. The van der Waals surface area contributed by atoms with Crippen LogP contribution in [0.5, 0.6) is 0 Å². The molecule has 1 aromatic heterocycles. The van der Waals surface area contributed by atoms with Crippen molar-refractivity contribution < 1.29 is 0 Å². The SMILES string of the molecule is Cc1ccc(-n2c(-c3ccc(Cl)cc3)nc3ccccc3c2=O)cc1. The van der Waals surface area contributed by atoms with Crippen molar-refractivity contribution in [1.82, 2.24) is 9.55 Å². The van der Waals surface area contributed by atoms with E-state index in [1.165, 1.54) is 0 Å². The number of para-hydroxylation sites is 1. The molecule has 0 aliphatic rings. The van der Waals surface area contributed by atoms with Crippen molar-refractivity contribution >= 4 is 22.5 Å². The first kappa shape index (κ1) is 15.6. The van der Waals surface area contributed by atoms with Crippen molar-refractivity contribution in [3.63, 3.8) is 0 Å². The summed E-state index contributed by atoms with van der Waals surface area (Å²) in [6.07, 6.45) is 0. The lowest BCUT2D eigenvalue weighted by Crippen LogP contribution is -2.21. The maximum absolute atomic E-state index is 13.2. The predicted molar refractivity (Wildman–Crippen MR) is 103 cm³/mol. The van der Waals surface area contributed by atoms with Crippen LogP contribution in [0.25, 0.3) is 28.0 Å². The molecule has 0 atom stereocenters. The Balaban J connectivity index is 2.09. The molecule has 0 aliphatic carbocycles. The summed E-state index contributed by atoms with van der Waals surface area (Å²) < 4.78 is 1.66. The molecular weight excluding hydrogens is 332 g/mol. The van der Waals surface area contributed by atoms with Gasteiger partial charge in [-0.15, -0.1) is 0 Å². The fraction of sp³-hybridized carbons (Fsp3) is 0.0476. The normalized spacial score (nSPS) is 11.0. The van der Waals surface area contributed by atoms with Crippen molar-refractivity contribution in [3.05, 3.63) is 93.7 Å². The topological polar surface area (TPSA) is 34.9 Å². The maximum Gasteiger partial charge on any atom is 0.266 e. The number of benzene rings is 3. The molecule has 0 radical (unpaired) electrons. The smallest absolute Gasteiger partial charge is 0.266 e. The summed E-state index contributed by atoms with van der Waals surface area (Å²) in [5.74, 6) is 0.601. The fourth-order valence-corrected chi connectivity index (χ4v) is 2.98. The minimum Gasteiger partial charge on any atom is -0.268 e. The van der Waals surface area contributed by atoms with Gasteiger partial charge in [-0.2, -0.15) is 0 Å². The van der Waals surface area contributed by atoms with Crippen molar-refractivity contribution in [3.8, 4) is 17.1 Å². The predicted octanol–water partition coefficient (Wildman–Crippen LogP) is 5.01. The van der Waals surface area contributed by atoms with E-state index < -0.39 is 0 Å². The fourth-order valence-electron chi connectivity index (χ4n) is 2.86. The van der Waals surface area contributed by atoms with E-state index in [9.17, 15) is 4.79 Å². The van der Waals surface area contributed by atoms with Crippen LogP contribution in [0.2, 0.25) is 5.02 Å². The number of fused-ring (bicyclic) bond motifs is 1. The highest BCUT2D eigenvalue weighted by Gasteiger charge is 2.14. The molecule has 4 heteroatoms. The van der Waals surface area contributed by atoms with Gasteiger partial charge in [0, 0.05) is 10.6 Å². The van der Waals surface area contributed by atoms with Gasteiger partial charge >= 0.3 is 0 Å². The summed E-state index contributed by atoms with van der Waals surface area (Å²) in [6, 6.07) is 22.6. The van der Waals surface area contributed by atoms with Crippen LogP contribution in [-0.2, 0) is 0 Å². The van der Waals surface area contributed by atoms with E-state index in [-0.39, 0.29) is 5.56 Å². The van der Waals surface area contributed by atoms with Gasteiger partial charge in [0.15, 0.2) is 0 Å². The van der Waals surface area contributed by atoms with E-state index in [0.717, 1.165) is 16.8 Å². The van der Waals surface area contributed by atoms with Crippen LogP contribution in [-0.4, -0.2) is 9.55 Å². The van der Waals surface area contributed by atoms with Gasteiger partial charge in [-0.25, -0.2) is 4.98 Å². The number of rotatable bonds is 2. The second-order valence-corrected chi connectivity index (χ2v) is 6.37. The number of nitrogens with zero attached hydrogens (tertiary/aromatic N) is 2. The van der Waals surface area contributed by atoms with E-state index in [2.05, 4.69) is 0 Å². The highest BCUT2D eigenvalue weighted by Crippen LogP contribution is 2.23. The quantitative estimate of drug-likeness (QED) is 0.511. The summed E-state index contributed by atoms with van der Waals surface area (Å²) in [5.41, 5.74) is 3.37. The number of hydrogen-bond donors (Lipinski definition) is 0. The first-order valence-electron chi connectivity index (χ1n) is 7.98. The molecule has 0 spiro atoms. The molecule has 0 unspecified atom stereocenters. The molecule has 4 rings (SSSR count). The average Bonchev–Trinajstić information content (AvgIpc) is 2.63. The summed E-state index contributed by atoms with van der Waals surface area (Å²) in [5, 5.41) is 1.24. The Labute approximate surface area is 150 Å². The highest BCUT2D eigenvalue weighted by molar-refractivity contribution is 6.30. The van der Waals surface area contributed by atoms with E-state index in [1.54, 1.807) is 22.8 Å². The van der Waals surface area contributed by atoms with E-state index in [4.69, 9.17) is 16.6 Å². The monoisotopic (exact) mass is 346 g/mol. The Bertz CT molecular complexity index is 1110. The number of aromatic nitrogens is 2. The van der Waals surface area contributed by atoms with Crippen molar-refractivity contribution in [2.45, 2.75) is 6.92 Å².